The highest BCUT2D eigenvalue weighted by molar-refractivity contribution is 5.84. The number of para-hydroxylation sites is 1. The minimum atomic E-state index is 0.612. The number of rotatable bonds is 1. The van der Waals surface area contributed by atoms with Crippen LogP contribution in [0.1, 0.15) is 57.1 Å². The van der Waals surface area contributed by atoms with E-state index in [0.717, 1.165) is 0 Å². The Labute approximate surface area is 173 Å². The van der Waals surface area contributed by atoms with Gasteiger partial charge in [-0.05, 0) is 56.0 Å². The molecule has 5 aliphatic rings. The van der Waals surface area contributed by atoms with Crippen LogP contribution in [0.25, 0.3) is 11.4 Å². The molecule has 3 aliphatic heterocycles. The highest BCUT2D eigenvalue weighted by Gasteiger charge is 2.52. The summed E-state index contributed by atoms with van der Waals surface area (Å²) < 4.78 is 2.51. The quantitative estimate of drug-likeness (QED) is 0.605. The Morgan fingerprint density at radius 2 is 1.52 bits per heavy atom. The molecule has 0 saturated heterocycles. The van der Waals surface area contributed by atoms with Crippen molar-refractivity contribution in [1.82, 2.24) is 9.47 Å². The van der Waals surface area contributed by atoms with Crippen molar-refractivity contribution < 1.29 is 0 Å². The fourth-order valence-electron chi connectivity index (χ4n) is 7.02. The van der Waals surface area contributed by atoms with Crippen molar-refractivity contribution in [3.05, 3.63) is 66.3 Å². The summed E-state index contributed by atoms with van der Waals surface area (Å²) in [6, 6.07) is 17.1. The molecular formula is C26H29N3. The molecule has 0 amide bonds. The smallest absolute Gasteiger partial charge is 0.120 e. The number of hydrogen-bond acceptors (Lipinski definition) is 2. The van der Waals surface area contributed by atoms with Gasteiger partial charge < -0.3 is 14.4 Å². The van der Waals surface area contributed by atoms with Gasteiger partial charge in [0.15, 0.2) is 0 Å². The molecule has 4 unspecified atom stereocenters. The number of anilines is 1. The lowest BCUT2D eigenvalue weighted by molar-refractivity contribution is 0.235. The number of fused-ring (bicyclic) bond motifs is 9. The molecule has 0 N–H and O–H groups in total. The third-order valence-corrected chi connectivity index (χ3v) is 8.16. The second-order valence-corrected chi connectivity index (χ2v) is 9.58. The van der Waals surface area contributed by atoms with Crippen LogP contribution in [0.3, 0.4) is 0 Å². The molecule has 2 aromatic rings. The van der Waals surface area contributed by atoms with E-state index >= 15 is 0 Å². The Morgan fingerprint density at radius 3 is 2.41 bits per heavy atom. The first-order chi connectivity index (χ1) is 14.4. The average molecular weight is 384 g/mol. The molecule has 3 nitrogen and oxygen atoms in total. The fourth-order valence-corrected chi connectivity index (χ4v) is 7.02. The minimum absolute atomic E-state index is 0.612. The van der Waals surface area contributed by atoms with Crippen molar-refractivity contribution in [2.45, 2.75) is 63.5 Å². The molecule has 0 radical (unpaired) electrons. The highest BCUT2D eigenvalue weighted by Crippen LogP contribution is 2.56. The number of nitrogens with zero attached hydrogens (tertiary/aromatic N) is 3. The first-order valence-corrected chi connectivity index (χ1v) is 11.7. The first-order valence-electron chi connectivity index (χ1n) is 11.7. The van der Waals surface area contributed by atoms with Gasteiger partial charge in [-0.25, -0.2) is 0 Å². The lowest BCUT2D eigenvalue weighted by Crippen LogP contribution is -2.44. The topological polar surface area (TPSA) is 11.4 Å². The van der Waals surface area contributed by atoms with Crippen LogP contribution < -0.4 is 4.90 Å². The van der Waals surface area contributed by atoms with Crippen molar-refractivity contribution in [3.63, 3.8) is 0 Å². The van der Waals surface area contributed by atoms with Crippen LogP contribution in [0.2, 0.25) is 0 Å². The van der Waals surface area contributed by atoms with Gasteiger partial charge in [-0.15, -0.1) is 0 Å². The minimum Gasteiger partial charge on any atom is -0.324 e. The largest absolute Gasteiger partial charge is 0.324 e. The Balaban J connectivity index is 1.48. The third-order valence-electron chi connectivity index (χ3n) is 8.16. The zero-order valence-electron chi connectivity index (χ0n) is 17.0. The third kappa shape index (κ3) is 2.14. The molecule has 148 valence electrons. The summed E-state index contributed by atoms with van der Waals surface area (Å²) >= 11 is 0. The summed E-state index contributed by atoms with van der Waals surface area (Å²) in [7, 11) is 0. The highest BCUT2D eigenvalue weighted by atomic mass is 15.4. The van der Waals surface area contributed by atoms with Gasteiger partial charge >= 0.3 is 0 Å². The zero-order chi connectivity index (χ0) is 18.9. The summed E-state index contributed by atoms with van der Waals surface area (Å²) in [4.78, 5) is 5.53. The molecule has 7 rings (SSSR count). The maximum atomic E-state index is 2.78. The van der Waals surface area contributed by atoms with Crippen LogP contribution in [-0.4, -0.2) is 21.6 Å². The molecule has 1 aromatic heterocycles. The van der Waals surface area contributed by atoms with E-state index in [1.165, 1.54) is 74.4 Å². The lowest BCUT2D eigenvalue weighted by Gasteiger charge is -2.43. The predicted octanol–water partition coefficient (Wildman–Crippen LogP) is 5.92. The van der Waals surface area contributed by atoms with Gasteiger partial charge in [0.05, 0.1) is 5.69 Å². The van der Waals surface area contributed by atoms with Crippen LogP contribution >= 0.6 is 0 Å². The monoisotopic (exact) mass is 383 g/mol. The summed E-state index contributed by atoms with van der Waals surface area (Å²) in [5.41, 5.74) is 4.47. The fraction of sp³-hybridized carbons (Fsp3) is 0.462. The van der Waals surface area contributed by atoms with Gasteiger partial charge in [0.25, 0.3) is 0 Å². The summed E-state index contributed by atoms with van der Waals surface area (Å²) in [6.07, 6.45) is 15.7. The summed E-state index contributed by atoms with van der Waals surface area (Å²) in [5, 5.41) is 0. The van der Waals surface area contributed by atoms with Crippen LogP contribution in [0, 0.1) is 11.8 Å². The molecular weight excluding hydrogens is 354 g/mol. The van der Waals surface area contributed by atoms with Gasteiger partial charge in [-0.1, -0.05) is 43.9 Å². The van der Waals surface area contributed by atoms with Crippen LogP contribution in [0.4, 0.5) is 5.69 Å². The van der Waals surface area contributed by atoms with Crippen molar-refractivity contribution in [1.29, 1.82) is 0 Å². The van der Waals surface area contributed by atoms with E-state index in [1.54, 1.807) is 5.57 Å². The molecule has 4 atom stereocenters. The standard InChI is InChI=1S/C26H29N3/c1-2-10-19(11-3-1)28-22-14-7-5-12-20(22)25-23-15-8-16-27(23)24-17-18-9-4-6-13-21(18)29(24)26(25)28/h1-3,8,10-11,15-18,20-22H,4-7,9,12-14H2. The molecule has 3 heteroatoms. The van der Waals surface area contributed by atoms with Crippen molar-refractivity contribution in [3.8, 4) is 0 Å². The van der Waals surface area contributed by atoms with Gasteiger partial charge in [-0.2, -0.15) is 0 Å². The summed E-state index contributed by atoms with van der Waals surface area (Å²) in [5.74, 6) is 4.33. The molecule has 1 aromatic carbocycles. The normalized spacial score (nSPS) is 32.3. The second-order valence-electron chi connectivity index (χ2n) is 9.58. The van der Waals surface area contributed by atoms with E-state index in [9.17, 15) is 0 Å². The van der Waals surface area contributed by atoms with Gasteiger partial charge in [0.1, 0.15) is 11.6 Å². The van der Waals surface area contributed by atoms with E-state index in [0.29, 0.717) is 23.9 Å². The Hall–Kier alpha value is -2.42. The average Bonchev–Trinajstić information content (AvgIpc) is 3.47. The van der Waals surface area contributed by atoms with Crippen LogP contribution in [0.5, 0.6) is 0 Å². The maximum Gasteiger partial charge on any atom is 0.120 e. The number of aromatic nitrogens is 1. The molecule has 2 saturated carbocycles. The molecule has 29 heavy (non-hydrogen) atoms. The Morgan fingerprint density at radius 1 is 0.724 bits per heavy atom. The summed E-state index contributed by atoms with van der Waals surface area (Å²) in [6.45, 7) is 0. The molecule has 2 fully saturated rings. The van der Waals surface area contributed by atoms with E-state index < -0.39 is 0 Å². The van der Waals surface area contributed by atoms with Gasteiger partial charge in [0, 0.05) is 41.4 Å². The van der Waals surface area contributed by atoms with Crippen molar-refractivity contribution in [2.75, 3.05) is 4.90 Å². The van der Waals surface area contributed by atoms with E-state index in [2.05, 4.69) is 69.1 Å². The molecule has 4 heterocycles. The Kier molecular flexibility index (Phi) is 3.41. The molecule has 2 aliphatic carbocycles. The van der Waals surface area contributed by atoms with Crippen LogP contribution in [0.15, 0.2) is 60.6 Å². The second kappa shape index (κ2) is 6.04. The maximum absolute atomic E-state index is 2.78. The van der Waals surface area contributed by atoms with E-state index in [-0.39, 0.29) is 0 Å². The van der Waals surface area contributed by atoms with E-state index in [4.69, 9.17) is 0 Å². The Bertz CT molecular complexity index is 1010. The molecule has 0 spiro atoms. The van der Waals surface area contributed by atoms with Gasteiger partial charge in [-0.3, -0.25) is 0 Å². The van der Waals surface area contributed by atoms with E-state index in [1.807, 2.05) is 0 Å². The zero-order valence-corrected chi connectivity index (χ0v) is 17.0. The van der Waals surface area contributed by atoms with Crippen LogP contribution in [-0.2, 0) is 0 Å². The van der Waals surface area contributed by atoms with Gasteiger partial charge in [0.2, 0.25) is 0 Å². The van der Waals surface area contributed by atoms with Crippen molar-refractivity contribution >= 4 is 17.1 Å². The molecule has 0 bridgehead atoms. The first kappa shape index (κ1) is 16.4. The SMILES string of the molecule is C1=C2N(C3=C(c4cccn42)C2CCCCC2N3c2ccccc2)C2CCCCC12. The predicted molar refractivity (Wildman–Crippen MR) is 118 cm³/mol. The number of hydrogen-bond donors (Lipinski definition) is 0. The van der Waals surface area contributed by atoms with Crippen molar-refractivity contribution in [2.24, 2.45) is 11.8 Å². The number of benzene rings is 1. The lowest BCUT2D eigenvalue weighted by atomic mass is 9.80.